The van der Waals surface area contributed by atoms with Crippen molar-refractivity contribution < 1.29 is 9.47 Å². The number of ether oxygens (including phenoxy) is 2. The number of rotatable bonds is 3. The Bertz CT molecular complexity index is 900. The number of nitrogens with zero attached hydrogens (tertiary/aromatic N) is 2. The lowest BCUT2D eigenvalue weighted by molar-refractivity contribution is 0.393. The molecule has 0 fully saturated rings. The number of hydrogen-bond acceptors (Lipinski definition) is 5. The van der Waals surface area contributed by atoms with Crippen LogP contribution < -0.4 is 20.1 Å². The maximum absolute atomic E-state index is 9.62. The van der Waals surface area contributed by atoms with E-state index in [1.54, 1.807) is 7.11 Å². The molecule has 0 saturated carbocycles. The Morgan fingerprint density at radius 3 is 2.60 bits per heavy atom. The van der Waals surface area contributed by atoms with Crippen LogP contribution in [0.2, 0.25) is 0 Å². The van der Waals surface area contributed by atoms with Crippen molar-refractivity contribution in [3.63, 3.8) is 0 Å². The van der Waals surface area contributed by atoms with Crippen LogP contribution in [0.3, 0.4) is 0 Å². The Balaban J connectivity index is 2.17. The van der Waals surface area contributed by atoms with Crippen molar-refractivity contribution in [3.8, 4) is 17.6 Å². The minimum atomic E-state index is -0.285. The summed E-state index contributed by atoms with van der Waals surface area (Å²) in [5.74, 6) is 1.25. The van der Waals surface area contributed by atoms with E-state index in [9.17, 15) is 5.26 Å². The number of anilines is 1. The molecule has 0 radical (unpaired) electrons. The van der Waals surface area contributed by atoms with Crippen molar-refractivity contribution >= 4 is 21.6 Å². The molecule has 0 saturated heterocycles. The molecule has 0 bridgehead atoms. The Hall–Kier alpha value is -2.65. The first kappa shape index (κ1) is 17.2. The predicted molar refractivity (Wildman–Crippen MR) is 101 cm³/mol. The third kappa shape index (κ3) is 3.03. The normalized spacial score (nSPS) is 15.9. The van der Waals surface area contributed by atoms with E-state index < -0.39 is 0 Å². The molecule has 0 aromatic heterocycles. The highest BCUT2D eigenvalue weighted by Gasteiger charge is 2.31. The minimum Gasteiger partial charge on any atom is -0.496 e. The molecule has 2 aromatic carbocycles. The van der Waals surface area contributed by atoms with E-state index in [0.717, 1.165) is 27.0 Å². The van der Waals surface area contributed by atoms with Crippen LogP contribution in [0.1, 0.15) is 17.0 Å². The first-order chi connectivity index (χ1) is 12.0. The number of nitriles is 1. The molecule has 2 aromatic rings. The van der Waals surface area contributed by atoms with Crippen molar-refractivity contribution in [1.82, 2.24) is 0 Å². The fourth-order valence-electron chi connectivity index (χ4n) is 2.93. The maximum atomic E-state index is 9.62. The summed E-state index contributed by atoms with van der Waals surface area (Å²) >= 11 is 3.51. The number of nitrogens with two attached hydrogens (primary N) is 1. The van der Waals surface area contributed by atoms with E-state index in [4.69, 9.17) is 15.2 Å². The van der Waals surface area contributed by atoms with Crippen molar-refractivity contribution in [2.24, 2.45) is 5.73 Å². The summed E-state index contributed by atoms with van der Waals surface area (Å²) in [6.45, 7) is 0. The zero-order valence-corrected chi connectivity index (χ0v) is 15.8. The molecular formula is C19H18BrN3O2. The summed E-state index contributed by atoms with van der Waals surface area (Å²) in [5.41, 5.74) is 9.29. The van der Waals surface area contributed by atoms with E-state index in [1.165, 1.54) is 0 Å². The van der Waals surface area contributed by atoms with Gasteiger partial charge in [0.15, 0.2) is 0 Å². The van der Waals surface area contributed by atoms with Crippen LogP contribution >= 0.6 is 15.9 Å². The van der Waals surface area contributed by atoms with Crippen LogP contribution in [0, 0.1) is 11.3 Å². The topological polar surface area (TPSA) is 71.5 Å². The van der Waals surface area contributed by atoms with Gasteiger partial charge in [-0.25, -0.2) is 0 Å². The molecule has 0 spiro atoms. The Kier molecular flexibility index (Phi) is 4.60. The lowest BCUT2D eigenvalue weighted by atomic mass is 9.83. The van der Waals surface area contributed by atoms with Crippen LogP contribution in [-0.2, 0) is 0 Å². The number of allylic oxidation sites excluding steroid dienone is 1. The molecule has 25 heavy (non-hydrogen) atoms. The second-order valence-corrected chi connectivity index (χ2v) is 6.79. The van der Waals surface area contributed by atoms with E-state index in [1.807, 2.05) is 55.4 Å². The summed E-state index contributed by atoms with van der Waals surface area (Å²) in [7, 11) is 5.54. The second-order valence-electron chi connectivity index (χ2n) is 5.94. The molecule has 1 aliphatic heterocycles. The van der Waals surface area contributed by atoms with E-state index in [0.29, 0.717) is 11.3 Å². The van der Waals surface area contributed by atoms with Crippen molar-refractivity contribution in [2.75, 3.05) is 26.1 Å². The molecule has 5 nitrogen and oxygen atoms in total. The van der Waals surface area contributed by atoms with Gasteiger partial charge in [-0.05, 0) is 39.7 Å². The van der Waals surface area contributed by atoms with Gasteiger partial charge in [-0.2, -0.15) is 5.26 Å². The van der Waals surface area contributed by atoms with Crippen LogP contribution in [0.4, 0.5) is 5.69 Å². The highest BCUT2D eigenvalue weighted by atomic mass is 79.9. The average Bonchev–Trinajstić information content (AvgIpc) is 2.59. The third-order valence-electron chi connectivity index (χ3n) is 4.23. The molecule has 2 N–H and O–H groups in total. The van der Waals surface area contributed by atoms with Gasteiger partial charge in [0.2, 0.25) is 5.88 Å². The summed E-state index contributed by atoms with van der Waals surface area (Å²) in [4.78, 5) is 1.99. The number of fused-ring (bicyclic) bond motifs is 1. The van der Waals surface area contributed by atoms with Gasteiger partial charge in [0.1, 0.15) is 23.1 Å². The van der Waals surface area contributed by atoms with E-state index >= 15 is 0 Å². The van der Waals surface area contributed by atoms with Crippen LogP contribution in [0.15, 0.2) is 52.3 Å². The van der Waals surface area contributed by atoms with Gasteiger partial charge >= 0.3 is 0 Å². The maximum Gasteiger partial charge on any atom is 0.205 e. The smallest absolute Gasteiger partial charge is 0.205 e. The SMILES string of the molecule is COc1ccc([C@H]2C(C#N)=C(N)Oc3cc(N(C)C)ccc32)cc1Br. The van der Waals surface area contributed by atoms with Gasteiger partial charge in [-0.3, -0.25) is 0 Å². The summed E-state index contributed by atoms with van der Waals surface area (Å²) in [5, 5.41) is 9.62. The second kappa shape index (κ2) is 6.69. The molecule has 3 rings (SSSR count). The van der Waals surface area contributed by atoms with Gasteiger partial charge in [-0.15, -0.1) is 0 Å². The van der Waals surface area contributed by atoms with Gasteiger partial charge in [-0.1, -0.05) is 12.1 Å². The largest absolute Gasteiger partial charge is 0.496 e. The fourth-order valence-corrected chi connectivity index (χ4v) is 3.49. The van der Waals surface area contributed by atoms with Crippen molar-refractivity contribution in [3.05, 3.63) is 63.5 Å². The summed E-state index contributed by atoms with van der Waals surface area (Å²) < 4.78 is 11.8. The zero-order valence-electron chi connectivity index (χ0n) is 14.2. The lowest BCUT2D eigenvalue weighted by Gasteiger charge is -2.28. The number of hydrogen-bond donors (Lipinski definition) is 1. The highest BCUT2D eigenvalue weighted by Crippen LogP contribution is 2.44. The summed E-state index contributed by atoms with van der Waals surface area (Å²) in [6, 6.07) is 13.9. The molecule has 0 amide bonds. The van der Waals surface area contributed by atoms with Crippen molar-refractivity contribution in [2.45, 2.75) is 5.92 Å². The van der Waals surface area contributed by atoms with E-state index in [2.05, 4.69) is 22.0 Å². The molecule has 1 atom stereocenters. The monoisotopic (exact) mass is 399 g/mol. The zero-order chi connectivity index (χ0) is 18.1. The summed E-state index contributed by atoms with van der Waals surface area (Å²) in [6.07, 6.45) is 0. The molecule has 6 heteroatoms. The molecular weight excluding hydrogens is 382 g/mol. The van der Waals surface area contributed by atoms with Crippen LogP contribution in [0.25, 0.3) is 0 Å². The Morgan fingerprint density at radius 2 is 2.00 bits per heavy atom. The minimum absolute atomic E-state index is 0.142. The van der Waals surface area contributed by atoms with Crippen molar-refractivity contribution in [1.29, 1.82) is 5.26 Å². The average molecular weight is 400 g/mol. The van der Waals surface area contributed by atoms with Gasteiger partial charge in [0.05, 0.1) is 17.5 Å². The molecule has 1 aliphatic rings. The number of methoxy groups -OCH3 is 1. The molecule has 128 valence electrons. The quantitative estimate of drug-likeness (QED) is 0.850. The molecule has 1 heterocycles. The van der Waals surface area contributed by atoms with Gasteiger partial charge in [0.25, 0.3) is 0 Å². The van der Waals surface area contributed by atoms with Crippen LogP contribution in [0.5, 0.6) is 11.5 Å². The molecule has 0 aliphatic carbocycles. The van der Waals surface area contributed by atoms with Crippen LogP contribution in [-0.4, -0.2) is 21.2 Å². The number of halogens is 1. The molecule has 0 unspecified atom stereocenters. The lowest BCUT2D eigenvalue weighted by Crippen LogP contribution is -2.21. The van der Waals surface area contributed by atoms with E-state index in [-0.39, 0.29) is 11.8 Å². The predicted octanol–water partition coefficient (Wildman–Crippen LogP) is 3.74. The first-order valence-electron chi connectivity index (χ1n) is 7.68. The highest BCUT2D eigenvalue weighted by molar-refractivity contribution is 9.10. The van der Waals surface area contributed by atoms with Gasteiger partial charge < -0.3 is 20.1 Å². The van der Waals surface area contributed by atoms with Gasteiger partial charge in [0, 0.05) is 31.4 Å². The standard InChI is InChI=1S/C19H18BrN3O2/c1-23(2)12-5-6-13-17(9-12)25-19(22)14(10-21)18(13)11-4-7-16(24-3)15(20)8-11/h4-9,18H,22H2,1-3H3/t18-/m1/s1. The Labute approximate surface area is 155 Å². The fraction of sp³-hybridized carbons (Fsp3) is 0.211. The first-order valence-corrected chi connectivity index (χ1v) is 8.48. The Morgan fingerprint density at radius 1 is 1.24 bits per heavy atom. The third-order valence-corrected chi connectivity index (χ3v) is 4.85. The number of benzene rings is 2.